The van der Waals surface area contributed by atoms with Crippen LogP contribution in [0.1, 0.15) is 16.8 Å². The summed E-state index contributed by atoms with van der Waals surface area (Å²) in [5, 5.41) is 8.75. The van der Waals surface area contributed by atoms with E-state index in [0.717, 1.165) is 12.1 Å². The molecule has 2 aromatic rings. The van der Waals surface area contributed by atoms with E-state index < -0.39 is 30.0 Å². The number of hydrogen-bond acceptors (Lipinski definition) is 3. The summed E-state index contributed by atoms with van der Waals surface area (Å²) >= 11 is 0. The number of aromatic amines is 1. The lowest BCUT2D eigenvalue weighted by Crippen LogP contribution is -2.34. The van der Waals surface area contributed by atoms with Crippen LogP contribution in [0.15, 0.2) is 30.7 Å². The third-order valence-electron chi connectivity index (χ3n) is 3.07. The summed E-state index contributed by atoms with van der Waals surface area (Å²) in [6, 6.07) is 3.82. The Labute approximate surface area is 132 Å². The van der Waals surface area contributed by atoms with Crippen molar-refractivity contribution >= 4 is 5.69 Å². The zero-order valence-electron chi connectivity index (χ0n) is 11.9. The first-order valence-corrected chi connectivity index (χ1v) is 6.51. The van der Waals surface area contributed by atoms with Crippen molar-refractivity contribution in [3.8, 4) is 6.07 Å². The molecule has 10 heteroatoms. The van der Waals surface area contributed by atoms with Gasteiger partial charge < -0.3 is 9.88 Å². The molecule has 1 N–H and O–H groups in total. The molecule has 4 nitrogen and oxygen atoms in total. The molecule has 0 aliphatic heterocycles. The van der Waals surface area contributed by atoms with Crippen LogP contribution in [0.25, 0.3) is 0 Å². The first-order valence-electron chi connectivity index (χ1n) is 6.51. The second-order valence-corrected chi connectivity index (χ2v) is 4.87. The van der Waals surface area contributed by atoms with Gasteiger partial charge in [-0.25, -0.2) is 4.98 Å². The van der Waals surface area contributed by atoms with Gasteiger partial charge in [0.15, 0.2) is 0 Å². The van der Waals surface area contributed by atoms with Gasteiger partial charge in [0.1, 0.15) is 6.54 Å². The minimum atomic E-state index is -4.85. The molecular weight excluding hydrogens is 338 g/mol. The Morgan fingerprint density at radius 2 is 1.88 bits per heavy atom. The largest absolute Gasteiger partial charge is 0.417 e. The summed E-state index contributed by atoms with van der Waals surface area (Å²) in [5.74, 6) is 0. The van der Waals surface area contributed by atoms with Crippen molar-refractivity contribution in [1.29, 1.82) is 5.26 Å². The summed E-state index contributed by atoms with van der Waals surface area (Å²) in [4.78, 5) is 7.05. The Morgan fingerprint density at radius 1 is 1.17 bits per heavy atom. The summed E-state index contributed by atoms with van der Waals surface area (Å²) in [5.41, 5.74) is -2.01. The average molecular weight is 348 g/mol. The third kappa shape index (κ3) is 4.41. The first kappa shape index (κ1) is 17.7. The summed E-state index contributed by atoms with van der Waals surface area (Å²) in [6.07, 6.45) is -6.88. The molecule has 0 spiro atoms. The molecule has 0 atom stereocenters. The van der Waals surface area contributed by atoms with Crippen LogP contribution in [-0.4, -0.2) is 22.7 Å². The van der Waals surface area contributed by atoms with Crippen LogP contribution in [-0.2, 0) is 12.7 Å². The molecular formula is C14H10F6N4. The number of imidazole rings is 1. The highest BCUT2D eigenvalue weighted by Crippen LogP contribution is 2.35. The number of hydrogen-bond donors (Lipinski definition) is 1. The molecule has 0 amide bonds. The van der Waals surface area contributed by atoms with Crippen LogP contribution in [0.5, 0.6) is 0 Å². The van der Waals surface area contributed by atoms with E-state index in [1.165, 1.54) is 18.6 Å². The van der Waals surface area contributed by atoms with Crippen LogP contribution in [0.4, 0.5) is 32.0 Å². The number of benzene rings is 1. The van der Waals surface area contributed by atoms with E-state index in [1.54, 1.807) is 0 Å². The molecule has 0 aliphatic rings. The Morgan fingerprint density at radius 3 is 2.38 bits per heavy atom. The second-order valence-electron chi connectivity index (χ2n) is 4.87. The number of halogens is 6. The van der Waals surface area contributed by atoms with Gasteiger partial charge in [-0.3, -0.25) is 0 Å². The number of nitrogens with zero attached hydrogens (tertiary/aromatic N) is 3. The van der Waals surface area contributed by atoms with Gasteiger partial charge in [0, 0.05) is 11.9 Å². The molecule has 0 saturated carbocycles. The van der Waals surface area contributed by atoms with Gasteiger partial charge in [0.2, 0.25) is 0 Å². The molecule has 0 saturated heterocycles. The molecule has 1 heterocycles. The van der Waals surface area contributed by atoms with Crippen molar-refractivity contribution in [2.45, 2.75) is 18.9 Å². The molecule has 0 unspecified atom stereocenters. The van der Waals surface area contributed by atoms with Crippen LogP contribution in [0.2, 0.25) is 0 Å². The minimum Gasteiger partial charge on any atom is -0.356 e. The van der Waals surface area contributed by atoms with Gasteiger partial charge in [0.05, 0.1) is 35.8 Å². The van der Waals surface area contributed by atoms with E-state index in [2.05, 4.69) is 9.97 Å². The Hall–Kier alpha value is -2.70. The van der Waals surface area contributed by atoms with Gasteiger partial charge in [-0.15, -0.1) is 0 Å². The summed E-state index contributed by atoms with van der Waals surface area (Å²) in [7, 11) is 0. The van der Waals surface area contributed by atoms with Crippen molar-refractivity contribution in [2.24, 2.45) is 0 Å². The topological polar surface area (TPSA) is 55.7 Å². The molecule has 0 aliphatic carbocycles. The average Bonchev–Trinajstić information content (AvgIpc) is 2.96. The monoisotopic (exact) mass is 348 g/mol. The predicted molar refractivity (Wildman–Crippen MR) is 71.9 cm³/mol. The van der Waals surface area contributed by atoms with Gasteiger partial charge >= 0.3 is 12.4 Å². The quantitative estimate of drug-likeness (QED) is 0.854. The number of nitriles is 1. The number of anilines is 1. The van der Waals surface area contributed by atoms with Crippen LogP contribution in [0.3, 0.4) is 0 Å². The van der Waals surface area contributed by atoms with Crippen LogP contribution < -0.4 is 4.90 Å². The zero-order valence-corrected chi connectivity index (χ0v) is 11.9. The zero-order chi connectivity index (χ0) is 18.0. The fourth-order valence-electron chi connectivity index (χ4n) is 2.09. The van der Waals surface area contributed by atoms with Crippen molar-refractivity contribution in [3.05, 3.63) is 47.5 Å². The van der Waals surface area contributed by atoms with E-state index in [0.29, 0.717) is 11.0 Å². The van der Waals surface area contributed by atoms with E-state index in [4.69, 9.17) is 5.26 Å². The highest BCUT2D eigenvalue weighted by Gasteiger charge is 2.36. The van der Waals surface area contributed by atoms with Gasteiger partial charge in [-0.1, -0.05) is 0 Å². The Bertz CT molecular complexity index is 727. The molecule has 1 aromatic heterocycles. The number of H-pyrrole nitrogens is 1. The lowest BCUT2D eigenvalue weighted by Gasteiger charge is -2.26. The normalized spacial score (nSPS) is 12.0. The number of nitrogens with one attached hydrogen (secondary N) is 1. The lowest BCUT2D eigenvalue weighted by molar-refractivity contribution is -0.137. The van der Waals surface area contributed by atoms with Crippen molar-refractivity contribution in [2.75, 3.05) is 11.4 Å². The van der Waals surface area contributed by atoms with Gasteiger partial charge in [-0.05, 0) is 18.2 Å². The maximum atomic E-state index is 13.0. The van der Waals surface area contributed by atoms with Crippen molar-refractivity contribution < 1.29 is 26.3 Å². The van der Waals surface area contributed by atoms with E-state index >= 15 is 0 Å². The highest BCUT2D eigenvalue weighted by atomic mass is 19.4. The molecule has 0 radical (unpaired) electrons. The maximum Gasteiger partial charge on any atom is 0.417 e. The number of alkyl halides is 6. The van der Waals surface area contributed by atoms with Gasteiger partial charge in [0.25, 0.3) is 0 Å². The standard InChI is InChI=1S/C14H10F6N4/c15-13(16,17)7-24(6-10-5-22-8-23-10)11-2-1-9(4-21)12(3-11)14(18,19)20/h1-3,5,8H,6-7H2,(H,22,23). The maximum absolute atomic E-state index is 13.0. The SMILES string of the molecule is N#Cc1ccc(N(Cc2c[nH]cn2)CC(F)(F)F)cc1C(F)(F)F. The molecule has 0 fully saturated rings. The summed E-state index contributed by atoms with van der Waals surface area (Å²) in [6.45, 7) is -1.80. The fraction of sp³-hybridized carbons (Fsp3) is 0.286. The van der Waals surface area contributed by atoms with Crippen LogP contribution >= 0.6 is 0 Å². The summed E-state index contributed by atoms with van der Waals surface area (Å²) < 4.78 is 77.2. The van der Waals surface area contributed by atoms with Crippen molar-refractivity contribution in [3.63, 3.8) is 0 Å². The van der Waals surface area contributed by atoms with E-state index in [-0.39, 0.29) is 17.9 Å². The number of rotatable bonds is 4. The minimum absolute atomic E-state index is 0.233. The van der Waals surface area contributed by atoms with E-state index in [9.17, 15) is 26.3 Å². The van der Waals surface area contributed by atoms with E-state index in [1.807, 2.05) is 0 Å². The smallest absolute Gasteiger partial charge is 0.356 e. The molecule has 2 rings (SSSR count). The van der Waals surface area contributed by atoms with Crippen LogP contribution in [0, 0.1) is 11.3 Å². The molecule has 1 aromatic carbocycles. The highest BCUT2D eigenvalue weighted by molar-refractivity contribution is 5.55. The fourth-order valence-corrected chi connectivity index (χ4v) is 2.09. The predicted octanol–water partition coefficient (Wildman–Crippen LogP) is 3.87. The number of aromatic nitrogens is 2. The first-order chi connectivity index (χ1) is 11.1. The molecule has 24 heavy (non-hydrogen) atoms. The molecule has 128 valence electrons. The Kier molecular flexibility index (Phi) is 4.73. The third-order valence-corrected chi connectivity index (χ3v) is 3.07. The molecule has 0 bridgehead atoms. The Balaban J connectivity index is 2.44. The van der Waals surface area contributed by atoms with Crippen molar-refractivity contribution in [1.82, 2.24) is 9.97 Å². The van der Waals surface area contributed by atoms with Gasteiger partial charge in [-0.2, -0.15) is 31.6 Å². The second kappa shape index (κ2) is 6.43. The lowest BCUT2D eigenvalue weighted by atomic mass is 10.1.